The Balaban J connectivity index is 1.76. The fourth-order valence-electron chi connectivity index (χ4n) is 4.51. The molecule has 0 saturated heterocycles. The molecule has 8 nitrogen and oxygen atoms in total. The first-order chi connectivity index (χ1) is 20.2. The molecule has 10 heteroatoms. The van der Waals surface area contributed by atoms with Gasteiger partial charge >= 0.3 is 0 Å². The number of nitrogens with one attached hydrogen (secondary N) is 1. The molecule has 0 radical (unpaired) electrons. The van der Waals surface area contributed by atoms with E-state index in [1.807, 2.05) is 30.3 Å². The third-order valence-corrected chi connectivity index (χ3v) is 8.79. The molecule has 0 aliphatic rings. The fraction of sp³-hybridized carbons (Fsp3) is 0.188. The normalized spacial score (nSPS) is 11.8. The average Bonchev–Trinajstić information content (AvgIpc) is 3.02. The van der Waals surface area contributed by atoms with Crippen LogP contribution in [0.5, 0.6) is 5.75 Å². The summed E-state index contributed by atoms with van der Waals surface area (Å²) in [5, 5.41) is 3.20. The lowest BCUT2D eigenvalue weighted by Crippen LogP contribution is -2.53. The summed E-state index contributed by atoms with van der Waals surface area (Å²) >= 11 is 6.09. The number of rotatable bonds is 12. The van der Waals surface area contributed by atoms with Crippen molar-refractivity contribution in [3.63, 3.8) is 0 Å². The summed E-state index contributed by atoms with van der Waals surface area (Å²) in [5.41, 5.74) is 1.90. The molecule has 0 spiro atoms. The van der Waals surface area contributed by atoms with E-state index < -0.39 is 28.5 Å². The first kappa shape index (κ1) is 30.6. The zero-order chi connectivity index (χ0) is 30.1. The van der Waals surface area contributed by atoms with E-state index in [2.05, 4.69) is 5.32 Å². The van der Waals surface area contributed by atoms with Crippen molar-refractivity contribution in [1.29, 1.82) is 0 Å². The van der Waals surface area contributed by atoms with Crippen molar-refractivity contribution in [3.05, 3.63) is 125 Å². The minimum atomic E-state index is -4.18. The van der Waals surface area contributed by atoms with Gasteiger partial charge in [0.2, 0.25) is 11.8 Å². The van der Waals surface area contributed by atoms with E-state index in [-0.39, 0.29) is 23.8 Å². The lowest BCUT2D eigenvalue weighted by atomic mass is 10.0. The highest BCUT2D eigenvalue weighted by molar-refractivity contribution is 7.92. The summed E-state index contributed by atoms with van der Waals surface area (Å²) in [6.45, 7) is -0.472. The molecule has 0 aliphatic carbocycles. The van der Waals surface area contributed by atoms with E-state index in [4.69, 9.17) is 16.3 Å². The van der Waals surface area contributed by atoms with Crippen LogP contribution in [0.2, 0.25) is 5.02 Å². The molecule has 0 aromatic heterocycles. The minimum Gasteiger partial charge on any atom is -0.497 e. The zero-order valence-electron chi connectivity index (χ0n) is 23.3. The number of anilines is 1. The summed E-state index contributed by atoms with van der Waals surface area (Å²) in [7, 11) is -1.18. The van der Waals surface area contributed by atoms with Crippen LogP contribution in [0.15, 0.2) is 114 Å². The number of benzene rings is 4. The molecule has 0 saturated carbocycles. The van der Waals surface area contributed by atoms with Gasteiger partial charge in [0, 0.05) is 25.0 Å². The Labute approximate surface area is 251 Å². The molecule has 2 amide bonds. The van der Waals surface area contributed by atoms with Gasteiger partial charge in [-0.2, -0.15) is 0 Å². The zero-order valence-corrected chi connectivity index (χ0v) is 24.9. The number of carbonyl (C=O) groups is 2. The number of methoxy groups -OCH3 is 1. The predicted octanol–water partition coefficient (Wildman–Crippen LogP) is 4.93. The summed E-state index contributed by atoms with van der Waals surface area (Å²) in [4.78, 5) is 28.9. The maximum Gasteiger partial charge on any atom is 0.264 e. The SMILES string of the molecule is CNC(=O)[C@@H](Cc1ccccc1)N(Cc1ccc(Cl)cc1)C(=O)CN(c1ccccc1)S(=O)(=O)c1ccc(OC)cc1. The molecule has 4 rings (SSSR count). The molecule has 1 N–H and O–H groups in total. The van der Waals surface area contributed by atoms with Crippen molar-refractivity contribution in [2.45, 2.75) is 23.9 Å². The van der Waals surface area contributed by atoms with E-state index >= 15 is 0 Å². The Morgan fingerprint density at radius 2 is 1.43 bits per heavy atom. The minimum absolute atomic E-state index is 0.00339. The standard InChI is InChI=1S/C32H32ClN3O5S/c1-34-32(38)30(21-24-9-5-3-6-10-24)35(22-25-13-15-26(33)16-14-25)31(37)23-36(27-11-7-4-8-12-27)42(39,40)29-19-17-28(41-2)18-20-29/h3-20,30H,21-23H2,1-2H3,(H,34,38)/t30-/m1/s1. The van der Waals surface area contributed by atoms with Crippen molar-refractivity contribution < 1.29 is 22.7 Å². The molecule has 4 aromatic carbocycles. The number of nitrogens with zero attached hydrogens (tertiary/aromatic N) is 2. The Bertz CT molecular complexity index is 1580. The number of hydrogen-bond acceptors (Lipinski definition) is 5. The van der Waals surface area contributed by atoms with Gasteiger partial charge in [0.15, 0.2) is 0 Å². The molecule has 0 heterocycles. The van der Waals surface area contributed by atoms with Crippen LogP contribution in [0.4, 0.5) is 5.69 Å². The number of para-hydroxylation sites is 1. The highest BCUT2D eigenvalue weighted by Gasteiger charge is 2.34. The van der Waals surface area contributed by atoms with Gasteiger partial charge < -0.3 is 15.0 Å². The van der Waals surface area contributed by atoms with Gasteiger partial charge in [-0.1, -0.05) is 72.3 Å². The van der Waals surface area contributed by atoms with E-state index in [1.54, 1.807) is 66.7 Å². The van der Waals surface area contributed by atoms with Gasteiger partial charge in [-0.3, -0.25) is 13.9 Å². The third kappa shape index (κ3) is 7.48. The highest BCUT2D eigenvalue weighted by atomic mass is 35.5. The van der Waals surface area contributed by atoms with Crippen molar-refractivity contribution in [2.24, 2.45) is 0 Å². The summed E-state index contributed by atoms with van der Waals surface area (Å²) < 4.78 is 34.2. The van der Waals surface area contributed by atoms with Gasteiger partial charge in [-0.05, 0) is 59.7 Å². The molecular weight excluding hydrogens is 574 g/mol. The Kier molecular flexibility index (Phi) is 10.2. The van der Waals surface area contributed by atoms with Crippen molar-refractivity contribution >= 4 is 39.1 Å². The number of ether oxygens (including phenoxy) is 1. The molecule has 0 aliphatic heterocycles. The number of halogens is 1. The molecule has 42 heavy (non-hydrogen) atoms. The second-order valence-electron chi connectivity index (χ2n) is 9.49. The van der Waals surface area contributed by atoms with E-state index in [0.29, 0.717) is 16.5 Å². The maximum absolute atomic E-state index is 14.2. The van der Waals surface area contributed by atoms with E-state index in [1.165, 1.54) is 31.2 Å². The molecule has 0 fully saturated rings. The topological polar surface area (TPSA) is 96.0 Å². The number of sulfonamides is 1. The Hall–Kier alpha value is -4.34. The van der Waals surface area contributed by atoms with E-state index in [0.717, 1.165) is 15.4 Å². The molecule has 0 unspecified atom stereocenters. The quantitative estimate of drug-likeness (QED) is 0.247. The Morgan fingerprint density at radius 3 is 2.00 bits per heavy atom. The number of likely N-dealkylation sites (N-methyl/N-ethyl adjacent to an activating group) is 1. The van der Waals surface area contributed by atoms with Crippen LogP contribution < -0.4 is 14.4 Å². The molecule has 0 bridgehead atoms. The molecule has 1 atom stereocenters. The Morgan fingerprint density at radius 1 is 0.833 bits per heavy atom. The predicted molar refractivity (Wildman–Crippen MR) is 164 cm³/mol. The highest BCUT2D eigenvalue weighted by Crippen LogP contribution is 2.26. The van der Waals surface area contributed by atoms with Gasteiger partial charge in [0.1, 0.15) is 18.3 Å². The molecule has 218 valence electrons. The average molecular weight is 606 g/mol. The maximum atomic E-state index is 14.2. The van der Waals surface area contributed by atoms with Crippen LogP contribution in [-0.4, -0.2) is 51.9 Å². The fourth-order valence-corrected chi connectivity index (χ4v) is 6.05. The summed E-state index contributed by atoms with van der Waals surface area (Å²) in [6.07, 6.45) is 0.233. The second-order valence-corrected chi connectivity index (χ2v) is 11.8. The smallest absolute Gasteiger partial charge is 0.264 e. The summed E-state index contributed by atoms with van der Waals surface area (Å²) in [5.74, 6) is -0.416. The first-order valence-corrected chi connectivity index (χ1v) is 15.1. The van der Waals surface area contributed by atoms with Crippen LogP contribution in [0.3, 0.4) is 0 Å². The largest absolute Gasteiger partial charge is 0.497 e. The van der Waals surface area contributed by atoms with Crippen LogP contribution in [0, 0.1) is 0 Å². The van der Waals surface area contributed by atoms with Gasteiger partial charge in [0.05, 0.1) is 17.7 Å². The first-order valence-electron chi connectivity index (χ1n) is 13.2. The van der Waals surface area contributed by atoms with Crippen LogP contribution in [0.1, 0.15) is 11.1 Å². The molecule has 4 aromatic rings. The number of amides is 2. The van der Waals surface area contributed by atoms with Gasteiger partial charge in [-0.25, -0.2) is 8.42 Å². The van der Waals surface area contributed by atoms with Crippen LogP contribution in [0.25, 0.3) is 0 Å². The van der Waals surface area contributed by atoms with Crippen molar-refractivity contribution in [1.82, 2.24) is 10.2 Å². The van der Waals surface area contributed by atoms with Gasteiger partial charge in [0.25, 0.3) is 10.0 Å². The van der Waals surface area contributed by atoms with Crippen LogP contribution >= 0.6 is 11.6 Å². The molecular formula is C32H32ClN3O5S. The summed E-state index contributed by atoms with van der Waals surface area (Å²) in [6, 6.07) is 29.8. The van der Waals surface area contributed by atoms with Gasteiger partial charge in [-0.15, -0.1) is 0 Å². The monoisotopic (exact) mass is 605 g/mol. The van der Waals surface area contributed by atoms with Crippen LogP contribution in [-0.2, 0) is 32.6 Å². The lowest BCUT2D eigenvalue weighted by Gasteiger charge is -2.33. The number of hydrogen-bond donors (Lipinski definition) is 1. The lowest BCUT2D eigenvalue weighted by molar-refractivity contribution is -0.139. The van der Waals surface area contributed by atoms with Crippen molar-refractivity contribution in [3.8, 4) is 5.75 Å². The van der Waals surface area contributed by atoms with Crippen molar-refractivity contribution in [2.75, 3.05) is 25.0 Å². The third-order valence-electron chi connectivity index (χ3n) is 6.75. The number of carbonyl (C=O) groups excluding carboxylic acids is 2. The second kappa shape index (κ2) is 14.0. The van der Waals surface area contributed by atoms with E-state index in [9.17, 15) is 18.0 Å².